The van der Waals surface area contributed by atoms with Gasteiger partial charge in [-0.3, -0.25) is 4.99 Å². The Hall–Kier alpha value is -1.82. The van der Waals surface area contributed by atoms with Crippen molar-refractivity contribution >= 4 is 11.8 Å². The van der Waals surface area contributed by atoms with Crippen LogP contribution in [0.1, 0.15) is 52.5 Å². The SMILES string of the molecule is CCN1CCN(c2ccc(CNC(=NC)NC(C)CCCC(C)C)cn2)CC1. The van der Waals surface area contributed by atoms with Gasteiger partial charge in [0, 0.05) is 52.0 Å². The molecule has 158 valence electrons. The van der Waals surface area contributed by atoms with Crippen LogP contribution in [-0.4, -0.2) is 61.7 Å². The molecule has 0 radical (unpaired) electrons. The second kappa shape index (κ2) is 11.9. The third-order valence-corrected chi connectivity index (χ3v) is 5.44. The molecule has 0 aromatic carbocycles. The Kier molecular flexibility index (Phi) is 9.55. The lowest BCUT2D eigenvalue weighted by molar-refractivity contribution is 0.270. The summed E-state index contributed by atoms with van der Waals surface area (Å²) in [4.78, 5) is 13.9. The minimum absolute atomic E-state index is 0.423. The molecular formula is C22H40N6. The minimum Gasteiger partial charge on any atom is -0.354 e. The van der Waals surface area contributed by atoms with Crippen LogP contribution in [0.5, 0.6) is 0 Å². The van der Waals surface area contributed by atoms with E-state index in [1.54, 1.807) is 0 Å². The number of guanidine groups is 1. The van der Waals surface area contributed by atoms with E-state index >= 15 is 0 Å². The summed E-state index contributed by atoms with van der Waals surface area (Å²) in [5.74, 6) is 2.72. The predicted octanol–water partition coefficient (Wildman–Crippen LogP) is 3.10. The van der Waals surface area contributed by atoms with Crippen molar-refractivity contribution in [2.45, 2.75) is 59.5 Å². The fourth-order valence-electron chi connectivity index (χ4n) is 3.52. The number of anilines is 1. The Morgan fingerprint density at radius 2 is 1.89 bits per heavy atom. The molecule has 1 aliphatic heterocycles. The standard InChI is InChI=1S/C22H40N6/c1-6-27-12-14-28(15-13-27)21-11-10-20(16-24-21)17-25-22(23-5)26-19(4)9-7-8-18(2)3/h10-11,16,18-19H,6-9,12-15,17H2,1-5H3,(H2,23,25,26). The van der Waals surface area contributed by atoms with Crippen molar-refractivity contribution in [1.29, 1.82) is 0 Å². The van der Waals surface area contributed by atoms with Crippen LogP contribution in [0.2, 0.25) is 0 Å². The highest BCUT2D eigenvalue weighted by molar-refractivity contribution is 5.79. The maximum Gasteiger partial charge on any atom is 0.191 e. The average Bonchev–Trinajstić information content (AvgIpc) is 2.71. The lowest BCUT2D eigenvalue weighted by atomic mass is 10.0. The van der Waals surface area contributed by atoms with E-state index < -0.39 is 0 Å². The molecule has 2 N–H and O–H groups in total. The molecule has 1 unspecified atom stereocenters. The van der Waals surface area contributed by atoms with Gasteiger partial charge in [-0.05, 0) is 37.4 Å². The number of hydrogen-bond donors (Lipinski definition) is 2. The molecule has 6 heteroatoms. The normalized spacial score (nSPS) is 17.1. The van der Waals surface area contributed by atoms with Crippen LogP contribution < -0.4 is 15.5 Å². The Balaban J connectivity index is 1.75. The third kappa shape index (κ3) is 7.66. The molecule has 1 aromatic rings. The van der Waals surface area contributed by atoms with Gasteiger partial charge < -0.3 is 20.4 Å². The van der Waals surface area contributed by atoms with Gasteiger partial charge in [0.1, 0.15) is 5.82 Å². The molecule has 0 bridgehead atoms. The van der Waals surface area contributed by atoms with Crippen LogP contribution in [0, 0.1) is 5.92 Å². The summed E-state index contributed by atoms with van der Waals surface area (Å²) in [6.07, 6.45) is 5.68. The van der Waals surface area contributed by atoms with Crippen molar-refractivity contribution in [1.82, 2.24) is 20.5 Å². The number of likely N-dealkylation sites (N-methyl/N-ethyl adjacent to an activating group) is 1. The molecule has 28 heavy (non-hydrogen) atoms. The summed E-state index contributed by atoms with van der Waals surface area (Å²) < 4.78 is 0. The van der Waals surface area contributed by atoms with E-state index in [4.69, 9.17) is 0 Å². The van der Waals surface area contributed by atoms with E-state index in [9.17, 15) is 0 Å². The molecule has 0 saturated carbocycles. The van der Waals surface area contributed by atoms with Gasteiger partial charge in [-0.25, -0.2) is 4.98 Å². The first-order chi connectivity index (χ1) is 13.5. The predicted molar refractivity (Wildman–Crippen MR) is 120 cm³/mol. The van der Waals surface area contributed by atoms with Crippen LogP contribution in [0.4, 0.5) is 5.82 Å². The van der Waals surface area contributed by atoms with E-state index in [1.165, 1.54) is 24.8 Å². The molecule has 6 nitrogen and oxygen atoms in total. The van der Waals surface area contributed by atoms with E-state index in [2.05, 4.69) is 70.2 Å². The van der Waals surface area contributed by atoms with E-state index in [0.717, 1.165) is 57.0 Å². The number of pyridine rings is 1. The lowest BCUT2D eigenvalue weighted by Gasteiger charge is -2.34. The van der Waals surface area contributed by atoms with Gasteiger partial charge in [-0.1, -0.05) is 39.7 Å². The number of piperazine rings is 1. The number of aliphatic imine (C=N–C) groups is 1. The Bertz CT molecular complexity index is 575. The minimum atomic E-state index is 0.423. The van der Waals surface area contributed by atoms with Crippen LogP contribution in [0.3, 0.4) is 0 Å². The number of hydrogen-bond acceptors (Lipinski definition) is 4. The molecule has 0 amide bonds. The molecular weight excluding hydrogens is 348 g/mol. The van der Waals surface area contributed by atoms with Crippen LogP contribution in [0.15, 0.2) is 23.3 Å². The number of nitrogens with zero attached hydrogens (tertiary/aromatic N) is 4. The molecule has 2 rings (SSSR count). The van der Waals surface area contributed by atoms with Gasteiger partial charge >= 0.3 is 0 Å². The van der Waals surface area contributed by atoms with Gasteiger partial charge in [-0.15, -0.1) is 0 Å². The highest BCUT2D eigenvalue weighted by Gasteiger charge is 2.16. The van der Waals surface area contributed by atoms with Gasteiger partial charge in [0.25, 0.3) is 0 Å². The zero-order chi connectivity index (χ0) is 20.4. The maximum absolute atomic E-state index is 4.68. The van der Waals surface area contributed by atoms with Crippen LogP contribution in [-0.2, 0) is 6.54 Å². The summed E-state index contributed by atoms with van der Waals surface area (Å²) in [5.41, 5.74) is 1.17. The summed E-state index contributed by atoms with van der Waals surface area (Å²) >= 11 is 0. The molecule has 1 saturated heterocycles. The van der Waals surface area contributed by atoms with Gasteiger partial charge in [0.05, 0.1) is 0 Å². The second-order valence-corrected chi connectivity index (χ2v) is 8.24. The van der Waals surface area contributed by atoms with Crippen molar-refractivity contribution in [2.75, 3.05) is 44.7 Å². The van der Waals surface area contributed by atoms with Crippen molar-refractivity contribution < 1.29 is 0 Å². The lowest BCUT2D eigenvalue weighted by Crippen LogP contribution is -2.46. The van der Waals surface area contributed by atoms with E-state index in [0.29, 0.717) is 6.04 Å². The van der Waals surface area contributed by atoms with Gasteiger partial charge in [0.15, 0.2) is 5.96 Å². The quantitative estimate of drug-likeness (QED) is 0.503. The number of rotatable bonds is 9. The monoisotopic (exact) mass is 388 g/mol. The molecule has 2 heterocycles. The smallest absolute Gasteiger partial charge is 0.191 e. The van der Waals surface area contributed by atoms with Crippen LogP contribution >= 0.6 is 0 Å². The Morgan fingerprint density at radius 3 is 2.46 bits per heavy atom. The number of aromatic nitrogens is 1. The highest BCUT2D eigenvalue weighted by atomic mass is 15.3. The van der Waals surface area contributed by atoms with Crippen molar-refractivity contribution in [2.24, 2.45) is 10.9 Å². The van der Waals surface area contributed by atoms with E-state index in [1.807, 2.05) is 13.2 Å². The zero-order valence-corrected chi connectivity index (χ0v) is 18.5. The molecule has 0 spiro atoms. The Morgan fingerprint density at radius 1 is 1.14 bits per heavy atom. The van der Waals surface area contributed by atoms with E-state index in [-0.39, 0.29) is 0 Å². The largest absolute Gasteiger partial charge is 0.354 e. The van der Waals surface area contributed by atoms with Gasteiger partial charge in [0.2, 0.25) is 0 Å². The van der Waals surface area contributed by atoms with Crippen molar-refractivity contribution in [3.05, 3.63) is 23.9 Å². The summed E-state index contributed by atoms with van der Waals surface area (Å²) in [6, 6.07) is 4.73. The van der Waals surface area contributed by atoms with Crippen molar-refractivity contribution in [3.8, 4) is 0 Å². The highest BCUT2D eigenvalue weighted by Crippen LogP contribution is 2.14. The first kappa shape index (κ1) is 22.5. The second-order valence-electron chi connectivity index (χ2n) is 8.24. The molecule has 1 aromatic heterocycles. The first-order valence-corrected chi connectivity index (χ1v) is 10.9. The fraction of sp³-hybridized carbons (Fsp3) is 0.727. The Labute approximate surface area is 171 Å². The molecule has 1 atom stereocenters. The van der Waals surface area contributed by atoms with Gasteiger partial charge in [-0.2, -0.15) is 0 Å². The summed E-state index contributed by atoms with van der Waals surface area (Å²) in [7, 11) is 1.83. The zero-order valence-electron chi connectivity index (χ0n) is 18.5. The number of nitrogens with one attached hydrogen (secondary N) is 2. The maximum atomic E-state index is 4.68. The topological polar surface area (TPSA) is 55.8 Å². The molecule has 1 aliphatic rings. The molecule has 1 fully saturated rings. The van der Waals surface area contributed by atoms with Crippen LogP contribution in [0.25, 0.3) is 0 Å². The summed E-state index contributed by atoms with van der Waals surface area (Å²) in [5, 5.41) is 6.90. The molecule has 0 aliphatic carbocycles. The first-order valence-electron chi connectivity index (χ1n) is 10.9. The van der Waals surface area contributed by atoms with Crippen molar-refractivity contribution in [3.63, 3.8) is 0 Å². The average molecular weight is 389 g/mol. The fourth-order valence-corrected chi connectivity index (χ4v) is 3.52. The summed E-state index contributed by atoms with van der Waals surface area (Å²) in [6.45, 7) is 15.2. The third-order valence-electron chi connectivity index (χ3n) is 5.44.